The number of benzene rings is 3. The summed E-state index contributed by atoms with van der Waals surface area (Å²) in [7, 11) is 0. The Morgan fingerprint density at radius 2 is 1.58 bits per heavy atom. The highest BCUT2D eigenvalue weighted by Crippen LogP contribution is 2.28. The van der Waals surface area contributed by atoms with Gasteiger partial charge in [-0.15, -0.1) is 0 Å². The van der Waals surface area contributed by atoms with Gasteiger partial charge in [-0.3, -0.25) is 0 Å². The highest BCUT2D eigenvalue weighted by atomic mass is 79.9. The highest BCUT2D eigenvalue weighted by Gasteiger charge is 2.14. The van der Waals surface area contributed by atoms with Crippen LogP contribution in [0.5, 0.6) is 0 Å². The lowest BCUT2D eigenvalue weighted by Gasteiger charge is -2.11. The van der Waals surface area contributed by atoms with Gasteiger partial charge in [-0.25, -0.2) is 4.98 Å². The molecule has 0 aliphatic rings. The van der Waals surface area contributed by atoms with Crippen LogP contribution in [0.1, 0.15) is 11.1 Å². The van der Waals surface area contributed by atoms with E-state index >= 15 is 0 Å². The van der Waals surface area contributed by atoms with Gasteiger partial charge in [0.05, 0.1) is 11.0 Å². The van der Waals surface area contributed by atoms with Gasteiger partial charge in [-0.1, -0.05) is 64.5 Å². The number of nitrogens with zero attached hydrogens (tertiary/aromatic N) is 2. The molecule has 0 spiro atoms. The van der Waals surface area contributed by atoms with Crippen LogP contribution in [0.4, 0.5) is 0 Å². The number of hydrogen-bond donors (Lipinski definition) is 0. The van der Waals surface area contributed by atoms with Crippen molar-refractivity contribution in [2.24, 2.45) is 0 Å². The molecule has 0 atom stereocenters. The molecule has 0 unspecified atom stereocenters. The van der Waals surface area contributed by atoms with Gasteiger partial charge in [0, 0.05) is 16.6 Å². The minimum Gasteiger partial charge on any atom is -0.319 e. The van der Waals surface area contributed by atoms with Crippen LogP contribution in [0.3, 0.4) is 0 Å². The molecule has 0 aliphatic carbocycles. The topological polar surface area (TPSA) is 17.8 Å². The Labute approximate surface area is 149 Å². The predicted molar refractivity (Wildman–Crippen MR) is 103 cm³/mol. The first-order chi connectivity index (χ1) is 11.7. The van der Waals surface area contributed by atoms with E-state index in [2.05, 4.69) is 94.2 Å². The summed E-state index contributed by atoms with van der Waals surface area (Å²) in [6, 6.07) is 25.2. The number of aromatic nitrogens is 2. The Hall–Kier alpha value is -2.39. The zero-order valence-electron chi connectivity index (χ0n) is 13.4. The molecule has 0 N–H and O–H groups in total. The van der Waals surface area contributed by atoms with Gasteiger partial charge in [0.15, 0.2) is 0 Å². The van der Waals surface area contributed by atoms with E-state index in [1.165, 1.54) is 22.2 Å². The summed E-state index contributed by atoms with van der Waals surface area (Å²) < 4.78 is 3.40. The van der Waals surface area contributed by atoms with Gasteiger partial charge >= 0.3 is 0 Å². The van der Waals surface area contributed by atoms with Gasteiger partial charge < -0.3 is 4.57 Å². The lowest BCUT2D eigenvalue weighted by Crippen LogP contribution is -2.03. The monoisotopic (exact) mass is 376 g/mol. The van der Waals surface area contributed by atoms with E-state index < -0.39 is 0 Å². The minimum absolute atomic E-state index is 0.803. The molecule has 0 amide bonds. The Morgan fingerprint density at radius 1 is 0.875 bits per heavy atom. The SMILES string of the molecule is Cc1ccccc1-c1nc2ccccc2n1Cc1ccc(Br)cc1. The lowest BCUT2D eigenvalue weighted by molar-refractivity contribution is 0.833. The Balaban J connectivity index is 1.90. The largest absolute Gasteiger partial charge is 0.319 e. The third-order valence-corrected chi connectivity index (χ3v) is 4.82. The van der Waals surface area contributed by atoms with Crippen molar-refractivity contribution >= 4 is 27.0 Å². The van der Waals surface area contributed by atoms with Crippen molar-refractivity contribution in [3.63, 3.8) is 0 Å². The maximum absolute atomic E-state index is 4.91. The first kappa shape index (κ1) is 15.2. The molecule has 0 radical (unpaired) electrons. The number of aryl methyl sites for hydroxylation is 1. The second kappa shape index (κ2) is 6.25. The summed E-state index contributed by atoms with van der Waals surface area (Å²) in [5.41, 5.74) is 5.89. The molecule has 0 fully saturated rings. The quantitative estimate of drug-likeness (QED) is 0.440. The van der Waals surface area contributed by atoms with Crippen LogP contribution in [0, 0.1) is 6.92 Å². The molecule has 0 bridgehead atoms. The standard InChI is InChI=1S/C21H17BrN2/c1-15-6-2-3-7-18(15)21-23-19-8-4-5-9-20(19)24(21)14-16-10-12-17(22)13-11-16/h2-13H,14H2,1H3. The van der Waals surface area contributed by atoms with E-state index in [1.807, 2.05) is 6.07 Å². The van der Waals surface area contributed by atoms with Crippen molar-refractivity contribution in [3.8, 4) is 11.4 Å². The molecule has 1 aromatic heterocycles. The molecule has 2 nitrogen and oxygen atoms in total. The smallest absolute Gasteiger partial charge is 0.141 e. The van der Waals surface area contributed by atoms with E-state index in [0.717, 1.165) is 22.4 Å². The fourth-order valence-corrected chi connectivity index (χ4v) is 3.30. The van der Waals surface area contributed by atoms with Crippen molar-refractivity contribution < 1.29 is 0 Å². The molecule has 0 saturated heterocycles. The summed E-state index contributed by atoms with van der Waals surface area (Å²) >= 11 is 3.50. The highest BCUT2D eigenvalue weighted by molar-refractivity contribution is 9.10. The number of hydrogen-bond acceptors (Lipinski definition) is 1. The van der Waals surface area contributed by atoms with Crippen LogP contribution in [0.2, 0.25) is 0 Å². The fourth-order valence-electron chi connectivity index (χ4n) is 3.04. The molecule has 4 rings (SSSR count). The van der Waals surface area contributed by atoms with E-state index in [0.29, 0.717) is 0 Å². The lowest BCUT2D eigenvalue weighted by atomic mass is 10.1. The summed E-state index contributed by atoms with van der Waals surface area (Å²) in [6.07, 6.45) is 0. The third kappa shape index (κ3) is 2.76. The van der Waals surface area contributed by atoms with E-state index in [9.17, 15) is 0 Å². The molecule has 4 aromatic rings. The maximum atomic E-state index is 4.91. The molecule has 1 heterocycles. The average molecular weight is 377 g/mol. The third-order valence-electron chi connectivity index (χ3n) is 4.29. The van der Waals surface area contributed by atoms with Crippen molar-refractivity contribution in [1.82, 2.24) is 9.55 Å². The average Bonchev–Trinajstić information content (AvgIpc) is 2.96. The van der Waals surface area contributed by atoms with Crippen molar-refractivity contribution in [1.29, 1.82) is 0 Å². The normalized spacial score (nSPS) is 11.1. The van der Waals surface area contributed by atoms with E-state index in [-0.39, 0.29) is 0 Å². The van der Waals surface area contributed by atoms with Crippen LogP contribution >= 0.6 is 15.9 Å². The van der Waals surface area contributed by atoms with Crippen LogP contribution in [-0.4, -0.2) is 9.55 Å². The Bertz CT molecular complexity index is 1000. The van der Waals surface area contributed by atoms with Crippen LogP contribution in [-0.2, 0) is 6.54 Å². The molecule has 0 aliphatic heterocycles. The maximum Gasteiger partial charge on any atom is 0.141 e. The summed E-state index contributed by atoms with van der Waals surface area (Å²) in [6.45, 7) is 2.94. The molecule has 3 heteroatoms. The summed E-state index contributed by atoms with van der Waals surface area (Å²) in [4.78, 5) is 4.91. The van der Waals surface area contributed by atoms with Crippen molar-refractivity contribution in [2.75, 3.05) is 0 Å². The number of imidazole rings is 1. The summed E-state index contributed by atoms with van der Waals surface area (Å²) in [5.74, 6) is 1.03. The number of fused-ring (bicyclic) bond motifs is 1. The van der Waals surface area contributed by atoms with Crippen LogP contribution in [0.15, 0.2) is 77.3 Å². The molecule has 118 valence electrons. The fraction of sp³-hybridized carbons (Fsp3) is 0.0952. The van der Waals surface area contributed by atoms with Gasteiger partial charge in [0.2, 0.25) is 0 Å². The van der Waals surface area contributed by atoms with Gasteiger partial charge in [0.25, 0.3) is 0 Å². The van der Waals surface area contributed by atoms with Gasteiger partial charge in [-0.05, 0) is 42.3 Å². The van der Waals surface area contributed by atoms with Crippen LogP contribution < -0.4 is 0 Å². The van der Waals surface area contributed by atoms with Crippen molar-refractivity contribution in [2.45, 2.75) is 13.5 Å². The second-order valence-electron chi connectivity index (χ2n) is 5.95. The predicted octanol–water partition coefficient (Wildman–Crippen LogP) is 5.82. The molecule has 3 aromatic carbocycles. The molecule has 0 saturated carbocycles. The van der Waals surface area contributed by atoms with E-state index in [1.54, 1.807) is 0 Å². The van der Waals surface area contributed by atoms with Gasteiger partial charge in [0.1, 0.15) is 5.82 Å². The number of rotatable bonds is 3. The first-order valence-corrected chi connectivity index (χ1v) is 8.77. The Morgan fingerprint density at radius 3 is 2.38 bits per heavy atom. The zero-order valence-corrected chi connectivity index (χ0v) is 15.0. The minimum atomic E-state index is 0.803. The molecule has 24 heavy (non-hydrogen) atoms. The second-order valence-corrected chi connectivity index (χ2v) is 6.87. The van der Waals surface area contributed by atoms with Gasteiger partial charge in [-0.2, -0.15) is 0 Å². The Kier molecular flexibility index (Phi) is 3.95. The van der Waals surface area contributed by atoms with Crippen molar-refractivity contribution in [3.05, 3.63) is 88.4 Å². The molecular weight excluding hydrogens is 360 g/mol. The molecular formula is C21H17BrN2. The number of para-hydroxylation sites is 2. The first-order valence-electron chi connectivity index (χ1n) is 7.98. The summed E-state index contributed by atoms with van der Waals surface area (Å²) in [5, 5.41) is 0. The zero-order chi connectivity index (χ0) is 16.5. The van der Waals surface area contributed by atoms with E-state index in [4.69, 9.17) is 4.98 Å². The number of halogens is 1. The van der Waals surface area contributed by atoms with Crippen LogP contribution in [0.25, 0.3) is 22.4 Å².